The van der Waals surface area contributed by atoms with Crippen LogP contribution in [0.15, 0.2) is 57.2 Å². The standard InChI is InChI=1S/C17H13Cl2N3OS3/c18-13-7-6-12(8-14(13)19)20-15(23)10-25-17-22-21-16(26-17)24-9-11-4-2-1-3-5-11/h1-8H,9-10H2,(H,20,23). The maximum Gasteiger partial charge on any atom is 0.234 e. The van der Waals surface area contributed by atoms with Gasteiger partial charge in [-0.2, -0.15) is 0 Å². The summed E-state index contributed by atoms with van der Waals surface area (Å²) >= 11 is 16.3. The lowest BCUT2D eigenvalue weighted by Crippen LogP contribution is -2.13. The minimum absolute atomic E-state index is 0.137. The lowest BCUT2D eigenvalue weighted by atomic mass is 10.2. The molecular weight excluding hydrogens is 429 g/mol. The van der Waals surface area contributed by atoms with Crippen LogP contribution in [-0.2, 0) is 10.5 Å². The Bertz CT molecular complexity index is 890. The summed E-state index contributed by atoms with van der Waals surface area (Å²) in [6.07, 6.45) is 0. The molecule has 0 atom stereocenters. The predicted molar refractivity (Wildman–Crippen MR) is 112 cm³/mol. The second-order valence-corrected chi connectivity index (χ2v) is 9.31. The van der Waals surface area contributed by atoms with Gasteiger partial charge in [-0.1, -0.05) is 88.4 Å². The molecule has 1 aromatic heterocycles. The third-order valence-corrected chi connectivity index (χ3v) is 7.12. The minimum atomic E-state index is -0.137. The second kappa shape index (κ2) is 9.62. The van der Waals surface area contributed by atoms with Gasteiger partial charge >= 0.3 is 0 Å². The van der Waals surface area contributed by atoms with Crippen molar-refractivity contribution in [2.75, 3.05) is 11.1 Å². The van der Waals surface area contributed by atoms with Crippen LogP contribution in [0.25, 0.3) is 0 Å². The number of halogens is 2. The number of rotatable bonds is 7. The van der Waals surface area contributed by atoms with Crippen molar-refractivity contribution in [3.63, 3.8) is 0 Å². The van der Waals surface area contributed by atoms with Gasteiger partial charge in [-0.15, -0.1) is 10.2 Å². The molecule has 0 aliphatic heterocycles. The fourth-order valence-corrected chi connectivity index (χ4v) is 5.01. The van der Waals surface area contributed by atoms with E-state index in [-0.39, 0.29) is 11.7 Å². The highest BCUT2D eigenvalue weighted by Gasteiger charge is 2.10. The largest absolute Gasteiger partial charge is 0.325 e. The number of nitrogens with zero attached hydrogens (tertiary/aromatic N) is 2. The third kappa shape index (κ3) is 5.89. The molecule has 0 unspecified atom stereocenters. The Hall–Kier alpha value is -1.25. The Kier molecular flexibility index (Phi) is 7.22. The first kappa shape index (κ1) is 19.5. The predicted octanol–water partition coefficient (Wildman–Crippen LogP) is 5.87. The molecule has 0 saturated heterocycles. The first-order valence-electron chi connectivity index (χ1n) is 7.48. The van der Waals surface area contributed by atoms with Crippen LogP contribution in [0.1, 0.15) is 5.56 Å². The van der Waals surface area contributed by atoms with E-state index in [1.54, 1.807) is 30.0 Å². The lowest BCUT2D eigenvalue weighted by Gasteiger charge is -2.05. The van der Waals surface area contributed by atoms with Gasteiger partial charge < -0.3 is 5.32 Å². The van der Waals surface area contributed by atoms with E-state index in [4.69, 9.17) is 23.2 Å². The summed E-state index contributed by atoms with van der Waals surface area (Å²) in [4.78, 5) is 12.0. The maximum atomic E-state index is 12.0. The topological polar surface area (TPSA) is 54.9 Å². The molecule has 1 N–H and O–H groups in total. The average molecular weight is 442 g/mol. The van der Waals surface area contributed by atoms with Crippen LogP contribution in [0.2, 0.25) is 10.0 Å². The van der Waals surface area contributed by atoms with Crippen LogP contribution in [0.3, 0.4) is 0 Å². The van der Waals surface area contributed by atoms with Crippen molar-refractivity contribution in [3.05, 3.63) is 64.1 Å². The number of benzene rings is 2. The van der Waals surface area contributed by atoms with Crippen LogP contribution in [-0.4, -0.2) is 21.9 Å². The van der Waals surface area contributed by atoms with E-state index >= 15 is 0 Å². The molecule has 0 fully saturated rings. The van der Waals surface area contributed by atoms with Gasteiger partial charge in [0.15, 0.2) is 8.68 Å². The Morgan fingerprint density at radius 1 is 1.00 bits per heavy atom. The summed E-state index contributed by atoms with van der Waals surface area (Å²) in [7, 11) is 0. The Balaban J connectivity index is 1.46. The van der Waals surface area contributed by atoms with E-state index in [9.17, 15) is 4.79 Å². The average Bonchev–Trinajstić information content (AvgIpc) is 3.10. The number of nitrogens with one attached hydrogen (secondary N) is 1. The summed E-state index contributed by atoms with van der Waals surface area (Å²) in [5, 5.41) is 11.9. The zero-order valence-corrected chi connectivity index (χ0v) is 17.3. The molecule has 0 aliphatic rings. The van der Waals surface area contributed by atoms with Gasteiger partial charge in [0.2, 0.25) is 5.91 Å². The van der Waals surface area contributed by atoms with Crippen LogP contribution < -0.4 is 5.32 Å². The molecule has 9 heteroatoms. The number of hydrogen-bond donors (Lipinski definition) is 1. The number of amides is 1. The van der Waals surface area contributed by atoms with Crippen LogP contribution in [0, 0.1) is 0 Å². The van der Waals surface area contributed by atoms with Crippen molar-refractivity contribution in [2.24, 2.45) is 0 Å². The van der Waals surface area contributed by atoms with Crippen molar-refractivity contribution >= 4 is 69.7 Å². The third-order valence-electron chi connectivity index (χ3n) is 3.12. The Morgan fingerprint density at radius 2 is 1.73 bits per heavy atom. The van der Waals surface area contributed by atoms with Crippen molar-refractivity contribution in [2.45, 2.75) is 14.4 Å². The normalized spacial score (nSPS) is 10.7. The minimum Gasteiger partial charge on any atom is -0.325 e. The second-order valence-electron chi connectivity index (χ2n) is 5.07. The zero-order valence-electron chi connectivity index (χ0n) is 13.3. The highest BCUT2D eigenvalue weighted by atomic mass is 35.5. The first-order chi connectivity index (χ1) is 12.6. The molecule has 3 aromatic rings. The van der Waals surface area contributed by atoms with E-state index in [0.717, 1.165) is 14.4 Å². The van der Waals surface area contributed by atoms with Crippen LogP contribution >= 0.6 is 58.1 Å². The molecule has 0 aliphatic carbocycles. The molecule has 1 heterocycles. The molecule has 3 rings (SSSR count). The van der Waals surface area contributed by atoms with E-state index < -0.39 is 0 Å². The molecule has 0 bridgehead atoms. The van der Waals surface area contributed by atoms with Crippen LogP contribution in [0.5, 0.6) is 0 Å². The first-order valence-corrected chi connectivity index (χ1v) is 11.0. The number of aromatic nitrogens is 2. The van der Waals surface area contributed by atoms with Gasteiger partial charge in [0.1, 0.15) is 0 Å². The fraction of sp³-hybridized carbons (Fsp3) is 0.118. The van der Waals surface area contributed by atoms with E-state index in [2.05, 4.69) is 27.6 Å². The quantitative estimate of drug-likeness (QED) is 0.464. The Morgan fingerprint density at radius 3 is 2.46 bits per heavy atom. The Labute approximate surface area is 173 Å². The number of hydrogen-bond acceptors (Lipinski definition) is 6. The van der Waals surface area contributed by atoms with Gasteiger partial charge in [-0.3, -0.25) is 4.79 Å². The summed E-state index contributed by atoms with van der Waals surface area (Å²) in [5.74, 6) is 0.956. The highest BCUT2D eigenvalue weighted by molar-refractivity contribution is 8.03. The lowest BCUT2D eigenvalue weighted by molar-refractivity contribution is -0.113. The smallest absolute Gasteiger partial charge is 0.234 e. The van der Waals surface area contributed by atoms with Gasteiger partial charge in [-0.05, 0) is 23.8 Å². The summed E-state index contributed by atoms with van der Waals surface area (Å²) in [5.41, 5.74) is 1.85. The molecule has 0 radical (unpaired) electrons. The number of thioether (sulfide) groups is 2. The monoisotopic (exact) mass is 441 g/mol. The fourth-order valence-electron chi connectivity index (χ4n) is 1.93. The van der Waals surface area contributed by atoms with Gasteiger partial charge in [0, 0.05) is 11.4 Å². The van der Waals surface area contributed by atoms with Crippen molar-refractivity contribution in [1.29, 1.82) is 0 Å². The van der Waals surface area contributed by atoms with Crippen molar-refractivity contribution in [3.8, 4) is 0 Å². The highest BCUT2D eigenvalue weighted by Crippen LogP contribution is 2.31. The van der Waals surface area contributed by atoms with Crippen molar-refractivity contribution < 1.29 is 4.79 Å². The molecule has 134 valence electrons. The summed E-state index contributed by atoms with van der Waals surface area (Å²) in [6, 6.07) is 15.2. The maximum absolute atomic E-state index is 12.0. The summed E-state index contributed by atoms with van der Waals surface area (Å²) < 4.78 is 1.66. The summed E-state index contributed by atoms with van der Waals surface area (Å²) in [6.45, 7) is 0. The van der Waals surface area contributed by atoms with E-state index in [0.29, 0.717) is 15.7 Å². The van der Waals surface area contributed by atoms with Crippen molar-refractivity contribution in [1.82, 2.24) is 10.2 Å². The molecule has 4 nitrogen and oxygen atoms in total. The van der Waals surface area contributed by atoms with E-state index in [1.165, 1.54) is 28.7 Å². The number of carbonyl (C=O) groups excluding carboxylic acids is 1. The number of carbonyl (C=O) groups is 1. The molecular formula is C17H13Cl2N3OS3. The van der Waals surface area contributed by atoms with Gasteiger partial charge in [0.05, 0.1) is 15.8 Å². The molecule has 26 heavy (non-hydrogen) atoms. The zero-order chi connectivity index (χ0) is 18.4. The molecule has 0 spiro atoms. The van der Waals surface area contributed by atoms with Gasteiger partial charge in [-0.25, -0.2) is 0 Å². The number of anilines is 1. The molecule has 2 aromatic carbocycles. The van der Waals surface area contributed by atoms with Gasteiger partial charge in [0.25, 0.3) is 0 Å². The SMILES string of the molecule is O=C(CSc1nnc(SCc2ccccc2)s1)Nc1ccc(Cl)c(Cl)c1. The van der Waals surface area contributed by atoms with E-state index in [1.807, 2.05) is 18.2 Å². The molecule has 0 saturated carbocycles. The molecule has 1 amide bonds. The van der Waals surface area contributed by atoms with Crippen LogP contribution in [0.4, 0.5) is 5.69 Å².